The van der Waals surface area contributed by atoms with Crippen LogP contribution >= 0.6 is 0 Å². The number of fused-ring (bicyclic) bond motifs is 1. The Labute approximate surface area is 158 Å². The first-order chi connectivity index (χ1) is 13.2. The second kappa shape index (κ2) is 7.49. The van der Waals surface area contributed by atoms with E-state index in [4.69, 9.17) is 10.5 Å². The summed E-state index contributed by atoms with van der Waals surface area (Å²) in [6, 6.07) is 16.1. The second-order valence-corrected chi connectivity index (χ2v) is 6.41. The van der Waals surface area contributed by atoms with E-state index in [2.05, 4.69) is 49.4 Å². The number of rotatable bonds is 5. The Balaban J connectivity index is 1.58. The lowest BCUT2D eigenvalue weighted by Gasteiger charge is -2.30. The van der Waals surface area contributed by atoms with Gasteiger partial charge in [0, 0.05) is 12.2 Å². The number of nitrogens with one attached hydrogen (secondary N) is 1. The van der Waals surface area contributed by atoms with Crippen LogP contribution in [0.2, 0.25) is 0 Å². The molecule has 27 heavy (non-hydrogen) atoms. The lowest BCUT2D eigenvalue weighted by molar-refractivity contribution is 0.417. The van der Waals surface area contributed by atoms with E-state index in [1.165, 1.54) is 11.3 Å². The van der Waals surface area contributed by atoms with Gasteiger partial charge in [0.05, 0.1) is 19.3 Å². The molecule has 0 aliphatic carbocycles. The van der Waals surface area contributed by atoms with Crippen molar-refractivity contribution in [1.29, 1.82) is 0 Å². The third kappa shape index (κ3) is 3.76. The normalized spacial score (nSPS) is 13.1. The summed E-state index contributed by atoms with van der Waals surface area (Å²) in [4.78, 5) is 15.4. The highest BCUT2D eigenvalue weighted by Gasteiger charge is 2.18. The summed E-state index contributed by atoms with van der Waals surface area (Å²) in [5.74, 6) is 1.95. The minimum absolute atomic E-state index is 0.197. The molecule has 3 aromatic rings. The number of para-hydroxylation sites is 3. The summed E-state index contributed by atoms with van der Waals surface area (Å²) >= 11 is 0. The summed E-state index contributed by atoms with van der Waals surface area (Å²) < 4.78 is 5.37. The van der Waals surface area contributed by atoms with Crippen molar-refractivity contribution < 1.29 is 4.74 Å². The molecule has 2 aromatic carbocycles. The molecule has 0 saturated heterocycles. The van der Waals surface area contributed by atoms with Gasteiger partial charge < -0.3 is 20.7 Å². The maximum absolute atomic E-state index is 5.93. The predicted octanol–water partition coefficient (Wildman–Crippen LogP) is 3.16. The summed E-state index contributed by atoms with van der Waals surface area (Å²) in [6.07, 6.45) is 2.22. The van der Waals surface area contributed by atoms with Crippen LogP contribution in [0.4, 0.5) is 23.3 Å². The van der Waals surface area contributed by atoms with Crippen molar-refractivity contribution in [2.24, 2.45) is 0 Å². The lowest BCUT2D eigenvalue weighted by Crippen LogP contribution is -2.29. The predicted molar refractivity (Wildman–Crippen MR) is 106 cm³/mol. The molecule has 0 saturated carbocycles. The Morgan fingerprint density at radius 2 is 1.89 bits per heavy atom. The Kier molecular flexibility index (Phi) is 4.74. The molecule has 0 amide bonds. The van der Waals surface area contributed by atoms with Gasteiger partial charge in [0.25, 0.3) is 0 Å². The molecule has 2 heterocycles. The minimum Gasteiger partial charge on any atom is -0.495 e. The summed E-state index contributed by atoms with van der Waals surface area (Å²) in [5.41, 5.74) is 9.31. The number of nitrogens with two attached hydrogens (primary N) is 1. The molecular weight excluding hydrogens is 340 g/mol. The molecule has 1 aliphatic rings. The summed E-state index contributed by atoms with van der Waals surface area (Å²) in [7, 11) is 1.63. The van der Waals surface area contributed by atoms with Gasteiger partial charge >= 0.3 is 0 Å². The second-order valence-electron chi connectivity index (χ2n) is 6.41. The first kappa shape index (κ1) is 17.1. The summed E-state index contributed by atoms with van der Waals surface area (Å²) in [5, 5.41) is 3.18. The van der Waals surface area contributed by atoms with Gasteiger partial charge in [-0.1, -0.05) is 30.3 Å². The Hall–Kier alpha value is -3.35. The zero-order valence-corrected chi connectivity index (χ0v) is 15.2. The van der Waals surface area contributed by atoms with E-state index in [0.29, 0.717) is 24.1 Å². The first-order valence-corrected chi connectivity index (χ1v) is 8.96. The number of nitrogen functional groups attached to an aromatic ring is 1. The highest BCUT2D eigenvalue weighted by molar-refractivity contribution is 5.62. The molecule has 0 fully saturated rings. The molecule has 1 aromatic heterocycles. The van der Waals surface area contributed by atoms with Gasteiger partial charge in [-0.3, -0.25) is 0 Å². The van der Waals surface area contributed by atoms with Gasteiger partial charge in [0.15, 0.2) is 5.82 Å². The van der Waals surface area contributed by atoms with Crippen molar-refractivity contribution in [3.05, 3.63) is 59.9 Å². The number of benzene rings is 2. The number of hydrogen-bond donors (Lipinski definition) is 2. The topological polar surface area (TPSA) is 89.2 Å². The molecule has 0 radical (unpaired) electrons. The average molecular weight is 362 g/mol. The molecule has 7 heteroatoms. The molecule has 138 valence electrons. The molecule has 0 spiro atoms. The Morgan fingerprint density at radius 1 is 1.07 bits per heavy atom. The van der Waals surface area contributed by atoms with Crippen LogP contribution in [0.15, 0.2) is 48.5 Å². The van der Waals surface area contributed by atoms with Crippen LogP contribution in [0.3, 0.4) is 0 Å². The van der Waals surface area contributed by atoms with E-state index in [0.717, 1.165) is 25.1 Å². The van der Waals surface area contributed by atoms with Crippen LogP contribution in [0.25, 0.3) is 0 Å². The fraction of sp³-hybridized carbons (Fsp3) is 0.250. The molecule has 0 bridgehead atoms. The molecule has 7 nitrogen and oxygen atoms in total. The van der Waals surface area contributed by atoms with Crippen molar-refractivity contribution in [2.45, 2.75) is 19.4 Å². The maximum atomic E-state index is 5.93. The van der Waals surface area contributed by atoms with E-state index in [1.807, 2.05) is 24.3 Å². The van der Waals surface area contributed by atoms with E-state index in [1.54, 1.807) is 7.11 Å². The van der Waals surface area contributed by atoms with Crippen LogP contribution in [0.5, 0.6) is 5.75 Å². The number of aromatic nitrogens is 3. The number of hydrogen-bond acceptors (Lipinski definition) is 7. The number of anilines is 4. The van der Waals surface area contributed by atoms with Gasteiger partial charge in [0.1, 0.15) is 5.75 Å². The van der Waals surface area contributed by atoms with Crippen molar-refractivity contribution in [1.82, 2.24) is 15.0 Å². The lowest BCUT2D eigenvalue weighted by atomic mass is 10.0. The third-order valence-corrected chi connectivity index (χ3v) is 4.59. The monoisotopic (exact) mass is 362 g/mol. The molecule has 0 atom stereocenters. The quantitative estimate of drug-likeness (QED) is 0.720. The van der Waals surface area contributed by atoms with E-state index in [9.17, 15) is 0 Å². The van der Waals surface area contributed by atoms with E-state index >= 15 is 0 Å². The fourth-order valence-electron chi connectivity index (χ4n) is 3.38. The van der Waals surface area contributed by atoms with Crippen LogP contribution in [-0.2, 0) is 13.0 Å². The molecule has 1 aliphatic heterocycles. The van der Waals surface area contributed by atoms with Crippen LogP contribution < -0.4 is 20.7 Å². The largest absolute Gasteiger partial charge is 0.495 e. The highest BCUT2D eigenvalue weighted by Crippen LogP contribution is 2.28. The van der Waals surface area contributed by atoms with Crippen molar-refractivity contribution in [3.63, 3.8) is 0 Å². The first-order valence-electron chi connectivity index (χ1n) is 8.96. The van der Waals surface area contributed by atoms with Gasteiger partial charge in [0.2, 0.25) is 11.9 Å². The molecule has 0 unspecified atom stereocenters. The number of aryl methyl sites for hydroxylation is 1. The van der Waals surface area contributed by atoms with Crippen LogP contribution in [0, 0.1) is 0 Å². The number of methoxy groups -OCH3 is 1. The van der Waals surface area contributed by atoms with Gasteiger partial charge in [-0.2, -0.15) is 15.0 Å². The van der Waals surface area contributed by atoms with Crippen LogP contribution in [0.1, 0.15) is 17.8 Å². The van der Waals surface area contributed by atoms with Crippen molar-refractivity contribution in [2.75, 3.05) is 29.6 Å². The smallest absolute Gasteiger partial charge is 0.232 e. The standard InChI is InChI=1S/C20H22N6O/c1-27-17-11-5-3-9-15(17)22-20-24-18(23-19(21)25-20)13-26-12-6-8-14-7-2-4-10-16(14)26/h2-5,7,9-11H,6,8,12-13H2,1H3,(H3,21,22,23,24,25). The van der Waals surface area contributed by atoms with Gasteiger partial charge in [-0.25, -0.2) is 0 Å². The molecular formula is C20H22N6O. The molecule has 3 N–H and O–H groups in total. The van der Waals surface area contributed by atoms with Crippen molar-refractivity contribution in [3.8, 4) is 5.75 Å². The number of ether oxygens (including phenoxy) is 1. The van der Waals surface area contributed by atoms with E-state index in [-0.39, 0.29) is 5.95 Å². The van der Waals surface area contributed by atoms with Crippen molar-refractivity contribution >= 4 is 23.3 Å². The van der Waals surface area contributed by atoms with Crippen LogP contribution in [-0.4, -0.2) is 28.6 Å². The van der Waals surface area contributed by atoms with Gasteiger partial charge in [-0.15, -0.1) is 0 Å². The average Bonchev–Trinajstić information content (AvgIpc) is 2.68. The highest BCUT2D eigenvalue weighted by atomic mass is 16.5. The minimum atomic E-state index is 0.197. The third-order valence-electron chi connectivity index (χ3n) is 4.59. The summed E-state index contributed by atoms with van der Waals surface area (Å²) in [6.45, 7) is 1.56. The molecule has 4 rings (SSSR count). The Bertz CT molecular complexity index is 945. The Morgan fingerprint density at radius 3 is 2.78 bits per heavy atom. The fourth-order valence-corrected chi connectivity index (χ4v) is 3.38. The van der Waals surface area contributed by atoms with Gasteiger partial charge in [-0.05, 0) is 36.6 Å². The zero-order chi connectivity index (χ0) is 18.6. The van der Waals surface area contributed by atoms with E-state index < -0.39 is 0 Å². The zero-order valence-electron chi connectivity index (χ0n) is 15.2. The maximum Gasteiger partial charge on any atom is 0.232 e. The SMILES string of the molecule is COc1ccccc1Nc1nc(N)nc(CN2CCCc3ccccc32)n1. The number of nitrogens with zero attached hydrogens (tertiary/aromatic N) is 4.